The normalized spacial score (nSPS) is 17.1. The van der Waals surface area contributed by atoms with Gasteiger partial charge in [0.15, 0.2) is 11.3 Å². The molecule has 3 heterocycles. The first-order valence-corrected chi connectivity index (χ1v) is 12.6. The van der Waals surface area contributed by atoms with E-state index in [4.69, 9.17) is 9.15 Å². The number of rotatable bonds is 5. The first kappa shape index (κ1) is 21.6. The molecule has 2 aromatic heterocycles. The van der Waals surface area contributed by atoms with E-state index >= 15 is 0 Å². The van der Waals surface area contributed by atoms with Gasteiger partial charge in [-0.05, 0) is 48.6 Å². The molecule has 1 spiro atoms. The lowest BCUT2D eigenvalue weighted by Gasteiger charge is -2.54. The van der Waals surface area contributed by atoms with Gasteiger partial charge in [0.05, 0.1) is 29.2 Å². The number of ether oxygens (including phenoxy) is 1. The standard InChI is InChI=1S/C24H21N5O5S/c1-28-14-26-19-4-3-16(10-17(19)23(28)30)34-22-18(11-25)20(9-15-5-8-33-21(15)22)27-35(31,32)29-12-24(13-29)6-2-7-24/h3-5,8-10,14,27H,2,6-7,12-13H2,1H3. The van der Waals surface area contributed by atoms with Crippen LogP contribution >= 0.6 is 0 Å². The number of benzene rings is 2. The van der Waals surface area contributed by atoms with Crippen molar-refractivity contribution in [3.8, 4) is 17.6 Å². The Morgan fingerprint density at radius 3 is 2.74 bits per heavy atom. The Kier molecular flexibility index (Phi) is 4.67. The SMILES string of the molecule is Cn1cnc2ccc(Oc3c(C#N)c(NS(=O)(=O)N4CC5(CCC5)C4)cc4ccoc34)cc2c1=O. The maximum atomic E-state index is 13.0. The van der Waals surface area contributed by atoms with E-state index < -0.39 is 10.2 Å². The number of fused-ring (bicyclic) bond motifs is 2. The summed E-state index contributed by atoms with van der Waals surface area (Å²) in [6, 6.07) is 10.1. The molecule has 178 valence electrons. The minimum atomic E-state index is -3.84. The second-order valence-corrected chi connectivity index (χ2v) is 10.9. The number of anilines is 1. The monoisotopic (exact) mass is 491 g/mol. The lowest BCUT2D eigenvalue weighted by atomic mass is 9.65. The fourth-order valence-corrected chi connectivity index (χ4v) is 6.27. The van der Waals surface area contributed by atoms with E-state index in [1.165, 1.54) is 27.5 Å². The van der Waals surface area contributed by atoms with Crippen LogP contribution in [-0.4, -0.2) is 35.4 Å². The summed E-state index contributed by atoms with van der Waals surface area (Å²) in [6.45, 7) is 0.975. The number of hydrogen-bond acceptors (Lipinski definition) is 7. The smallest absolute Gasteiger partial charge is 0.301 e. The molecule has 35 heavy (non-hydrogen) atoms. The molecule has 0 bridgehead atoms. The maximum Gasteiger partial charge on any atom is 0.301 e. The molecule has 4 aromatic rings. The molecule has 10 nitrogen and oxygen atoms in total. The molecule has 1 saturated heterocycles. The third-order valence-electron chi connectivity index (χ3n) is 6.94. The Morgan fingerprint density at radius 1 is 1.23 bits per heavy atom. The quantitative estimate of drug-likeness (QED) is 0.452. The zero-order chi connectivity index (χ0) is 24.4. The zero-order valence-corrected chi connectivity index (χ0v) is 19.6. The van der Waals surface area contributed by atoms with Crippen LogP contribution in [0.1, 0.15) is 24.8 Å². The molecule has 2 aromatic carbocycles. The summed E-state index contributed by atoms with van der Waals surface area (Å²) in [7, 11) is -2.24. The maximum absolute atomic E-state index is 13.0. The van der Waals surface area contributed by atoms with Gasteiger partial charge < -0.3 is 13.7 Å². The minimum Gasteiger partial charge on any atom is -0.460 e. The molecule has 6 rings (SSSR count). The number of aryl methyl sites for hydroxylation is 1. The molecule has 11 heteroatoms. The van der Waals surface area contributed by atoms with Crippen molar-refractivity contribution in [2.75, 3.05) is 17.8 Å². The van der Waals surface area contributed by atoms with Gasteiger partial charge in [-0.3, -0.25) is 9.52 Å². The van der Waals surface area contributed by atoms with E-state index in [0.29, 0.717) is 35.0 Å². The van der Waals surface area contributed by atoms with Crippen molar-refractivity contribution < 1.29 is 17.6 Å². The van der Waals surface area contributed by atoms with Crippen LogP contribution in [0.3, 0.4) is 0 Å². The molecule has 1 aliphatic carbocycles. The van der Waals surface area contributed by atoms with E-state index in [1.807, 2.05) is 0 Å². The number of nitrogens with zero attached hydrogens (tertiary/aromatic N) is 4. The van der Waals surface area contributed by atoms with Gasteiger partial charge in [-0.15, -0.1) is 0 Å². The molecule has 1 aliphatic heterocycles. The van der Waals surface area contributed by atoms with Gasteiger partial charge in [-0.25, -0.2) is 4.98 Å². The van der Waals surface area contributed by atoms with Crippen molar-refractivity contribution in [1.82, 2.24) is 13.9 Å². The molecule has 0 radical (unpaired) electrons. The summed E-state index contributed by atoms with van der Waals surface area (Å²) in [5.41, 5.74) is 0.755. The molecule has 0 atom stereocenters. The van der Waals surface area contributed by atoms with Crippen LogP contribution in [-0.2, 0) is 17.3 Å². The highest BCUT2D eigenvalue weighted by atomic mass is 32.2. The number of furan rings is 1. The topological polar surface area (TPSA) is 130 Å². The highest BCUT2D eigenvalue weighted by molar-refractivity contribution is 7.90. The van der Waals surface area contributed by atoms with Crippen LogP contribution in [0.4, 0.5) is 5.69 Å². The van der Waals surface area contributed by atoms with Gasteiger partial charge in [0, 0.05) is 25.5 Å². The fourth-order valence-electron chi connectivity index (χ4n) is 4.81. The van der Waals surface area contributed by atoms with Crippen molar-refractivity contribution in [2.24, 2.45) is 12.5 Å². The number of nitrogens with one attached hydrogen (secondary N) is 1. The van der Waals surface area contributed by atoms with E-state index in [-0.39, 0.29) is 33.7 Å². The highest BCUT2D eigenvalue weighted by Gasteiger charge is 2.51. The summed E-state index contributed by atoms with van der Waals surface area (Å²) in [4.78, 5) is 16.7. The Morgan fingerprint density at radius 2 is 2.03 bits per heavy atom. The Balaban J connectivity index is 1.39. The van der Waals surface area contributed by atoms with Crippen LogP contribution in [0.2, 0.25) is 0 Å². The molecule has 2 fully saturated rings. The van der Waals surface area contributed by atoms with E-state index in [2.05, 4.69) is 15.8 Å². The van der Waals surface area contributed by atoms with Crippen molar-refractivity contribution in [3.05, 3.63) is 58.8 Å². The molecular formula is C24H21N5O5S. The van der Waals surface area contributed by atoms with Gasteiger partial charge in [-0.1, -0.05) is 6.42 Å². The van der Waals surface area contributed by atoms with Crippen molar-refractivity contribution in [3.63, 3.8) is 0 Å². The molecule has 0 amide bonds. The van der Waals surface area contributed by atoms with Gasteiger partial charge in [0.1, 0.15) is 17.4 Å². The van der Waals surface area contributed by atoms with Gasteiger partial charge in [-0.2, -0.15) is 18.0 Å². The molecule has 1 saturated carbocycles. The van der Waals surface area contributed by atoms with E-state index in [0.717, 1.165) is 19.3 Å². The number of aromatic nitrogens is 2. The molecule has 2 aliphatic rings. The van der Waals surface area contributed by atoms with E-state index in [1.54, 1.807) is 31.3 Å². The lowest BCUT2D eigenvalue weighted by molar-refractivity contribution is -0.00752. The average Bonchev–Trinajstić information content (AvgIpc) is 3.23. The predicted octanol–water partition coefficient (Wildman–Crippen LogP) is 3.49. The second-order valence-electron chi connectivity index (χ2n) is 9.25. The summed E-state index contributed by atoms with van der Waals surface area (Å²) in [5.74, 6) is 0.346. The van der Waals surface area contributed by atoms with Gasteiger partial charge in [0.2, 0.25) is 0 Å². The lowest BCUT2D eigenvalue weighted by Crippen LogP contribution is -2.62. The highest BCUT2D eigenvalue weighted by Crippen LogP contribution is 2.49. The number of hydrogen-bond donors (Lipinski definition) is 1. The summed E-state index contributed by atoms with van der Waals surface area (Å²) >= 11 is 0. The van der Waals surface area contributed by atoms with Crippen LogP contribution in [0.5, 0.6) is 11.5 Å². The molecular weight excluding hydrogens is 470 g/mol. The zero-order valence-electron chi connectivity index (χ0n) is 18.8. The minimum absolute atomic E-state index is 0.0194. The largest absolute Gasteiger partial charge is 0.460 e. The van der Waals surface area contributed by atoms with Crippen molar-refractivity contribution in [1.29, 1.82) is 5.26 Å². The Labute approximate surface area is 200 Å². The summed E-state index contributed by atoms with van der Waals surface area (Å²) < 4.78 is 43.0. The number of nitriles is 1. The third kappa shape index (κ3) is 3.45. The predicted molar refractivity (Wildman–Crippen MR) is 128 cm³/mol. The van der Waals surface area contributed by atoms with Crippen molar-refractivity contribution in [2.45, 2.75) is 19.3 Å². The van der Waals surface area contributed by atoms with Crippen LogP contribution < -0.4 is 15.0 Å². The van der Waals surface area contributed by atoms with Crippen LogP contribution in [0, 0.1) is 16.7 Å². The van der Waals surface area contributed by atoms with Gasteiger partial charge >= 0.3 is 10.2 Å². The summed E-state index contributed by atoms with van der Waals surface area (Å²) in [5, 5.41) is 10.9. The third-order valence-corrected chi connectivity index (χ3v) is 8.35. The molecule has 0 unspecified atom stereocenters. The Hall–Kier alpha value is -3.88. The van der Waals surface area contributed by atoms with Gasteiger partial charge in [0.25, 0.3) is 5.56 Å². The Bertz CT molecular complexity index is 1700. The summed E-state index contributed by atoms with van der Waals surface area (Å²) in [6.07, 6.45) is 6.10. The second kappa shape index (κ2) is 7.56. The fraction of sp³-hybridized carbons (Fsp3) is 0.292. The van der Waals surface area contributed by atoms with Crippen LogP contribution in [0.25, 0.3) is 21.9 Å². The molecule has 1 N–H and O–H groups in total. The average molecular weight is 492 g/mol. The van der Waals surface area contributed by atoms with E-state index in [9.17, 15) is 18.5 Å². The first-order valence-electron chi connectivity index (χ1n) is 11.1. The van der Waals surface area contributed by atoms with Crippen LogP contribution in [0.15, 0.2) is 52.1 Å². The van der Waals surface area contributed by atoms with Crippen molar-refractivity contribution >= 4 is 37.8 Å². The first-order chi connectivity index (χ1) is 16.8.